The Labute approximate surface area is 174 Å². The summed E-state index contributed by atoms with van der Waals surface area (Å²) in [6, 6.07) is 0. The number of piperidine rings is 1. The van der Waals surface area contributed by atoms with Gasteiger partial charge in [0.2, 0.25) is 0 Å². The maximum atomic E-state index is 6.87. The van der Waals surface area contributed by atoms with Crippen LogP contribution in [0.2, 0.25) is 58.9 Å². The number of nitrogens with zero attached hydrogens (tertiary/aromatic N) is 1. The van der Waals surface area contributed by atoms with Gasteiger partial charge in [-0.1, -0.05) is 0 Å². The minimum absolute atomic E-state index is 0.0778. The molecular weight excluding hydrogens is 401 g/mol. The lowest BCUT2D eigenvalue weighted by Crippen LogP contribution is -2.73. The van der Waals surface area contributed by atoms with Gasteiger partial charge in [0.25, 0.3) is 0 Å². The number of hydrogen-bond acceptors (Lipinski definition) is 4. The molecule has 4 nitrogen and oxygen atoms in total. The highest BCUT2D eigenvalue weighted by atomic mass is 28.5. The SMILES string of the molecule is CC1(C)CCCC(C)(C)N1[B][Si](O[Si](C)(C)C)(O[Si](C)(C)C)O[Si](C)(C)C. The minimum atomic E-state index is -2.98. The summed E-state index contributed by atoms with van der Waals surface area (Å²) in [5.41, 5.74) is 0.156. The van der Waals surface area contributed by atoms with Gasteiger partial charge in [0.1, 0.15) is 0 Å². The second-order valence-electron chi connectivity index (χ2n) is 12.2. The summed E-state index contributed by atoms with van der Waals surface area (Å²) in [5, 5.41) is 0. The lowest BCUT2D eigenvalue weighted by atomic mass is 9.77. The third-order valence-corrected chi connectivity index (χ3v) is 15.9. The highest BCUT2D eigenvalue weighted by Crippen LogP contribution is 2.39. The van der Waals surface area contributed by atoms with Crippen LogP contribution in [0, 0.1) is 0 Å². The largest absolute Gasteiger partial charge is 0.430 e. The van der Waals surface area contributed by atoms with Crippen molar-refractivity contribution in [3.8, 4) is 0 Å². The molecule has 159 valence electrons. The summed E-state index contributed by atoms with van der Waals surface area (Å²) < 4.78 is 20.6. The average molecular weight is 447 g/mol. The van der Waals surface area contributed by atoms with Crippen LogP contribution in [0.1, 0.15) is 47.0 Å². The summed E-state index contributed by atoms with van der Waals surface area (Å²) in [4.78, 5) is 2.54. The number of rotatable bonds is 8. The molecule has 0 amide bonds. The van der Waals surface area contributed by atoms with Gasteiger partial charge in [-0.25, -0.2) is 0 Å². The van der Waals surface area contributed by atoms with Crippen LogP contribution in [0.3, 0.4) is 0 Å². The third-order valence-electron chi connectivity index (χ3n) is 4.51. The quantitative estimate of drug-likeness (QED) is 0.452. The second kappa shape index (κ2) is 8.13. The Bertz CT molecular complexity index is 453. The van der Waals surface area contributed by atoms with Crippen molar-refractivity contribution in [1.29, 1.82) is 0 Å². The monoisotopic (exact) mass is 446 g/mol. The highest BCUT2D eigenvalue weighted by Gasteiger charge is 2.56. The third kappa shape index (κ3) is 8.57. The van der Waals surface area contributed by atoms with E-state index in [-0.39, 0.29) is 11.1 Å². The van der Waals surface area contributed by atoms with Crippen LogP contribution >= 0.6 is 0 Å². The van der Waals surface area contributed by atoms with Gasteiger partial charge in [-0.2, -0.15) is 0 Å². The molecule has 0 aliphatic carbocycles. The Morgan fingerprint density at radius 2 is 0.926 bits per heavy atom. The average Bonchev–Trinajstić information content (AvgIpc) is 2.26. The van der Waals surface area contributed by atoms with E-state index in [1.54, 1.807) is 0 Å². The topological polar surface area (TPSA) is 30.9 Å². The lowest BCUT2D eigenvalue weighted by molar-refractivity contribution is 0.0526. The zero-order valence-electron chi connectivity index (χ0n) is 20.4. The van der Waals surface area contributed by atoms with Gasteiger partial charge in [-0.15, -0.1) is 0 Å². The highest BCUT2D eigenvalue weighted by molar-refractivity contribution is 7.20. The van der Waals surface area contributed by atoms with Crippen LogP contribution in [0.15, 0.2) is 0 Å². The van der Waals surface area contributed by atoms with Crippen molar-refractivity contribution in [3.63, 3.8) is 0 Å². The first-order valence-electron chi connectivity index (χ1n) is 10.4. The molecule has 1 fully saturated rings. The Kier molecular flexibility index (Phi) is 7.77. The van der Waals surface area contributed by atoms with Crippen molar-refractivity contribution < 1.29 is 12.3 Å². The molecule has 0 aromatic carbocycles. The summed E-state index contributed by atoms with van der Waals surface area (Å²) >= 11 is 0. The van der Waals surface area contributed by atoms with Crippen molar-refractivity contribution in [3.05, 3.63) is 0 Å². The predicted octanol–water partition coefficient (Wildman–Crippen LogP) is 5.64. The summed E-state index contributed by atoms with van der Waals surface area (Å²) in [6.07, 6.45) is 3.63. The zero-order chi connectivity index (χ0) is 21.5. The number of hydrogen-bond donors (Lipinski definition) is 0. The fourth-order valence-corrected chi connectivity index (χ4v) is 17.5. The van der Waals surface area contributed by atoms with Gasteiger partial charge < -0.3 is 17.2 Å². The van der Waals surface area contributed by atoms with Crippen molar-refractivity contribution in [2.45, 2.75) is 117 Å². The van der Waals surface area contributed by atoms with Crippen LogP contribution in [-0.2, 0) is 12.3 Å². The van der Waals surface area contributed by atoms with E-state index in [0.29, 0.717) is 0 Å². The summed E-state index contributed by atoms with van der Waals surface area (Å²) in [6.45, 7) is 29.6. The van der Waals surface area contributed by atoms with Gasteiger partial charge in [0, 0.05) is 11.1 Å². The Hall–Kier alpha value is 0.772. The molecule has 0 aromatic rings. The minimum Gasteiger partial charge on any atom is -0.422 e. The molecule has 0 spiro atoms. The first-order valence-corrected chi connectivity index (χ1v) is 22.5. The first kappa shape index (κ1) is 25.8. The molecule has 0 N–H and O–H groups in total. The van der Waals surface area contributed by atoms with Crippen LogP contribution in [0.4, 0.5) is 0 Å². The molecule has 0 atom stereocenters. The molecule has 0 aromatic heterocycles. The normalized spacial score (nSPS) is 22.0. The molecule has 1 aliphatic heterocycles. The maximum absolute atomic E-state index is 6.87. The van der Waals surface area contributed by atoms with Gasteiger partial charge in [0.15, 0.2) is 25.0 Å². The summed E-state index contributed by atoms with van der Waals surface area (Å²) in [5.74, 6) is 0. The van der Waals surface area contributed by atoms with Crippen LogP contribution in [0.25, 0.3) is 0 Å². The van der Waals surface area contributed by atoms with Crippen LogP contribution < -0.4 is 0 Å². The standard InChI is InChI=1S/C18H45BNO3Si4/c1-17(2)15-14-16-18(3,4)20(17)19-27(21-24(5,6)7,22-25(8,9)10)23-26(11,12)13/h14-16H2,1-13H3. The Balaban J connectivity index is 3.44. The van der Waals surface area contributed by atoms with Crippen molar-refractivity contribution >= 4 is 40.6 Å². The van der Waals surface area contributed by atoms with Gasteiger partial charge >= 0.3 is 15.7 Å². The molecule has 9 heteroatoms. The van der Waals surface area contributed by atoms with E-state index >= 15 is 0 Å². The molecule has 27 heavy (non-hydrogen) atoms. The van der Waals surface area contributed by atoms with E-state index in [1.807, 2.05) is 0 Å². The second-order valence-corrected chi connectivity index (χ2v) is 28.8. The molecule has 1 heterocycles. The zero-order valence-corrected chi connectivity index (χ0v) is 24.4. The van der Waals surface area contributed by atoms with Crippen molar-refractivity contribution in [1.82, 2.24) is 4.81 Å². The molecular formula is C18H45BNO3Si4. The van der Waals surface area contributed by atoms with Crippen molar-refractivity contribution in [2.75, 3.05) is 0 Å². The lowest BCUT2D eigenvalue weighted by Gasteiger charge is -2.56. The molecule has 0 saturated carbocycles. The maximum Gasteiger partial charge on any atom is 0.430 e. The molecule has 0 bridgehead atoms. The smallest absolute Gasteiger partial charge is 0.422 e. The van der Waals surface area contributed by atoms with Gasteiger partial charge in [0.05, 0.1) is 0 Å². The Morgan fingerprint density at radius 3 is 1.19 bits per heavy atom. The fraction of sp³-hybridized carbons (Fsp3) is 1.00. The van der Waals surface area contributed by atoms with Gasteiger partial charge in [-0.05, 0) is 106 Å². The van der Waals surface area contributed by atoms with Gasteiger partial charge in [-0.3, -0.25) is 0 Å². The predicted molar refractivity (Wildman–Crippen MR) is 129 cm³/mol. The summed E-state index contributed by atoms with van der Waals surface area (Å²) in [7, 11) is -6.27. The molecule has 1 aliphatic rings. The molecule has 1 saturated heterocycles. The molecule has 0 unspecified atom stereocenters. The van der Waals surface area contributed by atoms with Crippen LogP contribution in [0.5, 0.6) is 0 Å². The Morgan fingerprint density at radius 1 is 0.630 bits per heavy atom. The van der Waals surface area contributed by atoms with E-state index in [0.717, 1.165) is 0 Å². The van der Waals surface area contributed by atoms with E-state index in [1.165, 1.54) is 19.3 Å². The fourth-order valence-electron chi connectivity index (χ4n) is 3.94. The van der Waals surface area contributed by atoms with Crippen LogP contribution in [-0.4, -0.2) is 56.5 Å². The molecule has 1 rings (SSSR count). The van der Waals surface area contributed by atoms with E-state index in [4.69, 9.17) is 12.3 Å². The van der Waals surface area contributed by atoms with E-state index < -0.39 is 33.6 Å². The van der Waals surface area contributed by atoms with Crippen molar-refractivity contribution in [2.24, 2.45) is 0 Å². The van der Waals surface area contributed by atoms with E-state index in [2.05, 4.69) is 98.4 Å². The molecule has 1 radical (unpaired) electrons. The van der Waals surface area contributed by atoms with E-state index in [9.17, 15) is 0 Å². The first-order chi connectivity index (χ1) is 11.7.